The third-order valence-electron chi connectivity index (χ3n) is 3.03. The van der Waals surface area contributed by atoms with Crippen molar-refractivity contribution in [3.05, 3.63) is 0 Å². The molecule has 1 saturated heterocycles. The third kappa shape index (κ3) is 4.00. The SMILES string of the molecule is CNCCCC(=O)NC1CCN(C(C)C)C1=O. The molecule has 5 nitrogen and oxygen atoms in total. The largest absolute Gasteiger partial charge is 0.344 e. The lowest BCUT2D eigenvalue weighted by Crippen LogP contribution is -2.43. The number of hydrogen-bond donors (Lipinski definition) is 2. The zero-order valence-corrected chi connectivity index (χ0v) is 11.0. The molecule has 2 N–H and O–H groups in total. The van der Waals surface area contributed by atoms with E-state index < -0.39 is 0 Å². The molecule has 0 saturated carbocycles. The summed E-state index contributed by atoms with van der Waals surface area (Å²) in [6.45, 7) is 5.56. The highest BCUT2D eigenvalue weighted by molar-refractivity contribution is 5.89. The van der Waals surface area contributed by atoms with Crippen LogP contribution >= 0.6 is 0 Å². The first-order valence-corrected chi connectivity index (χ1v) is 6.30. The molecule has 0 radical (unpaired) electrons. The van der Waals surface area contributed by atoms with Crippen LogP contribution in [0, 0.1) is 0 Å². The van der Waals surface area contributed by atoms with Gasteiger partial charge in [-0.05, 0) is 40.3 Å². The molecule has 0 aromatic heterocycles. The van der Waals surface area contributed by atoms with Crippen molar-refractivity contribution in [2.75, 3.05) is 20.1 Å². The van der Waals surface area contributed by atoms with Crippen LogP contribution in [-0.4, -0.2) is 48.9 Å². The fourth-order valence-electron chi connectivity index (χ4n) is 2.04. The van der Waals surface area contributed by atoms with Crippen molar-refractivity contribution in [2.24, 2.45) is 0 Å². The van der Waals surface area contributed by atoms with E-state index in [0.29, 0.717) is 6.42 Å². The van der Waals surface area contributed by atoms with Gasteiger partial charge >= 0.3 is 0 Å². The second-order valence-electron chi connectivity index (χ2n) is 4.74. The van der Waals surface area contributed by atoms with E-state index in [-0.39, 0.29) is 23.9 Å². The van der Waals surface area contributed by atoms with Crippen LogP contribution in [0.1, 0.15) is 33.1 Å². The number of amides is 2. The summed E-state index contributed by atoms with van der Waals surface area (Å²) in [6.07, 6.45) is 2.01. The number of carbonyl (C=O) groups excluding carboxylic acids is 2. The number of likely N-dealkylation sites (tertiary alicyclic amines) is 1. The van der Waals surface area contributed by atoms with E-state index in [2.05, 4.69) is 10.6 Å². The molecule has 1 aliphatic heterocycles. The van der Waals surface area contributed by atoms with Gasteiger partial charge in [-0.25, -0.2) is 0 Å². The Hall–Kier alpha value is -1.10. The van der Waals surface area contributed by atoms with E-state index in [9.17, 15) is 9.59 Å². The van der Waals surface area contributed by atoms with Gasteiger partial charge in [-0.3, -0.25) is 9.59 Å². The predicted molar refractivity (Wildman–Crippen MR) is 66.6 cm³/mol. The highest BCUT2D eigenvalue weighted by atomic mass is 16.2. The van der Waals surface area contributed by atoms with E-state index in [1.165, 1.54) is 0 Å². The molecule has 1 unspecified atom stereocenters. The van der Waals surface area contributed by atoms with Crippen LogP contribution < -0.4 is 10.6 Å². The molecule has 1 heterocycles. The van der Waals surface area contributed by atoms with E-state index in [4.69, 9.17) is 0 Å². The van der Waals surface area contributed by atoms with Crippen molar-refractivity contribution < 1.29 is 9.59 Å². The van der Waals surface area contributed by atoms with Gasteiger partial charge < -0.3 is 15.5 Å². The maximum atomic E-state index is 11.9. The summed E-state index contributed by atoms with van der Waals surface area (Å²) in [5.41, 5.74) is 0. The average molecular weight is 241 g/mol. The van der Waals surface area contributed by atoms with Gasteiger partial charge in [0.25, 0.3) is 0 Å². The Balaban J connectivity index is 2.33. The van der Waals surface area contributed by atoms with E-state index in [1.54, 1.807) is 0 Å². The lowest BCUT2D eigenvalue weighted by atomic mass is 10.2. The Bertz CT molecular complexity index is 279. The first-order valence-electron chi connectivity index (χ1n) is 6.30. The Morgan fingerprint density at radius 3 is 2.76 bits per heavy atom. The number of rotatable bonds is 6. The number of hydrogen-bond acceptors (Lipinski definition) is 3. The van der Waals surface area contributed by atoms with Crippen molar-refractivity contribution in [3.8, 4) is 0 Å². The summed E-state index contributed by atoms with van der Waals surface area (Å²) in [7, 11) is 1.86. The van der Waals surface area contributed by atoms with Crippen molar-refractivity contribution >= 4 is 11.8 Å². The molecule has 2 amide bonds. The standard InChI is InChI=1S/C12H23N3O2/c1-9(2)15-8-6-10(12(15)17)14-11(16)5-4-7-13-3/h9-10,13H,4-8H2,1-3H3,(H,14,16). The van der Waals surface area contributed by atoms with E-state index in [0.717, 1.165) is 25.9 Å². The molecule has 0 aromatic rings. The summed E-state index contributed by atoms with van der Waals surface area (Å²) in [5.74, 6) is 0.0335. The number of nitrogens with zero attached hydrogens (tertiary/aromatic N) is 1. The smallest absolute Gasteiger partial charge is 0.245 e. The van der Waals surface area contributed by atoms with Gasteiger partial charge in [0.15, 0.2) is 0 Å². The number of carbonyl (C=O) groups is 2. The molecule has 1 atom stereocenters. The minimum absolute atomic E-state index is 0.0239. The molecular formula is C12H23N3O2. The molecule has 0 aromatic carbocycles. The quantitative estimate of drug-likeness (QED) is 0.649. The van der Waals surface area contributed by atoms with Crippen LogP contribution in [0.3, 0.4) is 0 Å². The molecule has 0 aliphatic carbocycles. The Morgan fingerprint density at radius 2 is 2.24 bits per heavy atom. The molecule has 98 valence electrons. The minimum Gasteiger partial charge on any atom is -0.344 e. The zero-order chi connectivity index (χ0) is 12.8. The Labute approximate surface area is 103 Å². The van der Waals surface area contributed by atoms with Gasteiger partial charge in [-0.15, -0.1) is 0 Å². The first kappa shape index (κ1) is 14.0. The van der Waals surface area contributed by atoms with Crippen LogP contribution in [0.5, 0.6) is 0 Å². The van der Waals surface area contributed by atoms with Crippen molar-refractivity contribution in [1.82, 2.24) is 15.5 Å². The van der Waals surface area contributed by atoms with Gasteiger partial charge in [-0.2, -0.15) is 0 Å². The van der Waals surface area contributed by atoms with Crippen LogP contribution in [0.15, 0.2) is 0 Å². The van der Waals surface area contributed by atoms with Crippen LogP contribution in [0.2, 0.25) is 0 Å². The topological polar surface area (TPSA) is 61.4 Å². The first-order chi connectivity index (χ1) is 8.06. The summed E-state index contributed by atoms with van der Waals surface area (Å²) >= 11 is 0. The lowest BCUT2D eigenvalue weighted by molar-refractivity contribution is -0.133. The highest BCUT2D eigenvalue weighted by Crippen LogP contribution is 2.14. The lowest BCUT2D eigenvalue weighted by Gasteiger charge is -2.21. The number of nitrogens with one attached hydrogen (secondary N) is 2. The molecule has 1 rings (SSSR count). The fourth-order valence-corrected chi connectivity index (χ4v) is 2.04. The molecular weight excluding hydrogens is 218 g/mol. The zero-order valence-electron chi connectivity index (χ0n) is 11.0. The second kappa shape index (κ2) is 6.59. The Morgan fingerprint density at radius 1 is 1.53 bits per heavy atom. The van der Waals surface area contributed by atoms with Gasteiger partial charge in [0.05, 0.1) is 0 Å². The van der Waals surface area contributed by atoms with Gasteiger partial charge in [0.2, 0.25) is 11.8 Å². The monoisotopic (exact) mass is 241 g/mol. The molecule has 1 fully saturated rings. The van der Waals surface area contributed by atoms with Gasteiger partial charge in [0.1, 0.15) is 6.04 Å². The highest BCUT2D eigenvalue weighted by Gasteiger charge is 2.33. The second-order valence-corrected chi connectivity index (χ2v) is 4.74. The molecule has 1 aliphatic rings. The van der Waals surface area contributed by atoms with Gasteiger partial charge in [0, 0.05) is 19.0 Å². The van der Waals surface area contributed by atoms with Gasteiger partial charge in [-0.1, -0.05) is 0 Å². The van der Waals surface area contributed by atoms with Crippen molar-refractivity contribution in [2.45, 2.75) is 45.2 Å². The summed E-state index contributed by atoms with van der Waals surface area (Å²) in [5, 5.41) is 5.81. The van der Waals surface area contributed by atoms with Crippen LogP contribution in [0.25, 0.3) is 0 Å². The summed E-state index contributed by atoms with van der Waals surface area (Å²) in [4.78, 5) is 25.3. The molecule has 0 bridgehead atoms. The summed E-state index contributed by atoms with van der Waals surface area (Å²) < 4.78 is 0. The Kier molecular flexibility index (Phi) is 5.41. The molecule has 0 spiro atoms. The van der Waals surface area contributed by atoms with Crippen molar-refractivity contribution in [3.63, 3.8) is 0 Å². The fraction of sp³-hybridized carbons (Fsp3) is 0.833. The van der Waals surface area contributed by atoms with Crippen LogP contribution in [-0.2, 0) is 9.59 Å². The predicted octanol–water partition coefficient (Wildman–Crippen LogP) is 0.112. The average Bonchev–Trinajstić information content (AvgIpc) is 2.61. The normalized spacial score (nSPS) is 20.1. The third-order valence-corrected chi connectivity index (χ3v) is 3.03. The maximum absolute atomic E-state index is 11.9. The van der Waals surface area contributed by atoms with E-state index >= 15 is 0 Å². The van der Waals surface area contributed by atoms with Crippen LogP contribution in [0.4, 0.5) is 0 Å². The summed E-state index contributed by atoms with van der Waals surface area (Å²) in [6, 6.07) is -0.0896. The minimum atomic E-state index is -0.306. The van der Waals surface area contributed by atoms with E-state index in [1.807, 2.05) is 25.8 Å². The molecule has 5 heteroatoms. The maximum Gasteiger partial charge on any atom is 0.245 e. The van der Waals surface area contributed by atoms with Crippen molar-refractivity contribution in [1.29, 1.82) is 0 Å². The molecule has 17 heavy (non-hydrogen) atoms.